The highest BCUT2D eigenvalue weighted by molar-refractivity contribution is 7.98. The van der Waals surface area contributed by atoms with E-state index in [0.29, 0.717) is 16.6 Å². The normalized spacial score (nSPS) is 11.9. The number of rotatable bonds is 7. The molecule has 0 aliphatic heterocycles. The summed E-state index contributed by atoms with van der Waals surface area (Å²) in [5.74, 6) is 0.600. The van der Waals surface area contributed by atoms with Crippen LogP contribution in [-0.2, 0) is 17.0 Å². The maximum absolute atomic E-state index is 11.9. The van der Waals surface area contributed by atoms with Crippen molar-refractivity contribution in [1.29, 1.82) is 0 Å². The van der Waals surface area contributed by atoms with E-state index in [1.807, 2.05) is 44.2 Å². The summed E-state index contributed by atoms with van der Waals surface area (Å²) in [6.07, 6.45) is 0.986. The molecule has 0 radical (unpaired) electrons. The summed E-state index contributed by atoms with van der Waals surface area (Å²) in [5.41, 5.74) is 1.41. The molecule has 0 aliphatic rings. The second kappa shape index (κ2) is 8.53. The molecular weight excluding hydrogens is 310 g/mol. The average Bonchev–Trinajstić information content (AvgIpc) is 2.53. The van der Waals surface area contributed by atoms with Crippen molar-refractivity contribution in [3.05, 3.63) is 58.0 Å². The summed E-state index contributed by atoms with van der Waals surface area (Å²) in [6.45, 7) is 3.96. The van der Waals surface area contributed by atoms with E-state index < -0.39 is 0 Å². The lowest BCUT2D eigenvalue weighted by Gasteiger charge is -2.11. The highest BCUT2D eigenvalue weighted by Gasteiger charge is 2.10. The summed E-state index contributed by atoms with van der Waals surface area (Å²) < 4.78 is 0. The van der Waals surface area contributed by atoms with Gasteiger partial charge in [0.15, 0.2) is 5.16 Å². The minimum Gasteiger partial charge on any atom is -0.353 e. The second-order valence-electron chi connectivity index (χ2n) is 5.37. The van der Waals surface area contributed by atoms with E-state index in [1.54, 1.807) is 0 Å². The zero-order valence-corrected chi connectivity index (χ0v) is 14.2. The molecule has 2 N–H and O–H groups in total. The smallest absolute Gasteiger partial charge is 0.251 e. The molecule has 23 heavy (non-hydrogen) atoms. The summed E-state index contributed by atoms with van der Waals surface area (Å²) >= 11 is 1.45. The molecule has 2 rings (SSSR count). The molecule has 122 valence electrons. The van der Waals surface area contributed by atoms with Crippen LogP contribution >= 0.6 is 11.8 Å². The van der Waals surface area contributed by atoms with Crippen LogP contribution in [0.4, 0.5) is 0 Å². The van der Waals surface area contributed by atoms with Gasteiger partial charge in [0.1, 0.15) is 0 Å². The molecule has 1 aromatic carbocycles. The Kier molecular flexibility index (Phi) is 6.40. The lowest BCUT2D eigenvalue weighted by molar-refractivity contribution is -0.121. The Labute approximate surface area is 139 Å². The first-order chi connectivity index (χ1) is 11.1. The number of carbonyl (C=O) groups is 1. The number of carbonyl (C=O) groups excluding carboxylic acids is 1. The number of hydrogen-bond donors (Lipinski definition) is 2. The van der Waals surface area contributed by atoms with Crippen molar-refractivity contribution in [1.82, 2.24) is 15.3 Å². The van der Waals surface area contributed by atoms with Gasteiger partial charge in [0.25, 0.3) is 5.56 Å². The Balaban J connectivity index is 2.01. The van der Waals surface area contributed by atoms with E-state index in [2.05, 4.69) is 15.3 Å². The van der Waals surface area contributed by atoms with Gasteiger partial charge in [-0.15, -0.1) is 0 Å². The third kappa shape index (κ3) is 5.90. The van der Waals surface area contributed by atoms with Gasteiger partial charge in [-0.3, -0.25) is 9.59 Å². The van der Waals surface area contributed by atoms with Gasteiger partial charge in [-0.05, 0) is 18.9 Å². The molecule has 5 nitrogen and oxygen atoms in total. The summed E-state index contributed by atoms with van der Waals surface area (Å²) in [5, 5.41) is 3.41. The van der Waals surface area contributed by atoms with Gasteiger partial charge in [0, 0.05) is 17.9 Å². The van der Waals surface area contributed by atoms with E-state index in [9.17, 15) is 9.59 Å². The second-order valence-corrected chi connectivity index (χ2v) is 6.33. The number of thioether (sulfide) groups is 1. The minimum atomic E-state index is -0.234. The molecule has 1 atom stereocenters. The standard InChI is InChI=1S/C17H21N3O2S/c1-3-12(2)18-15(21)9-14-10-16(22)20-17(19-14)23-11-13-7-5-4-6-8-13/h4-8,10,12H,3,9,11H2,1-2H3,(H,18,21)(H,19,20,22). The van der Waals surface area contributed by atoms with Crippen LogP contribution in [0.1, 0.15) is 31.5 Å². The van der Waals surface area contributed by atoms with Crippen LogP contribution < -0.4 is 10.9 Å². The Bertz CT molecular complexity index is 700. The van der Waals surface area contributed by atoms with Crippen LogP contribution in [0.2, 0.25) is 0 Å². The number of amides is 1. The largest absolute Gasteiger partial charge is 0.353 e. The topological polar surface area (TPSA) is 74.8 Å². The van der Waals surface area contributed by atoms with Crippen molar-refractivity contribution >= 4 is 17.7 Å². The molecule has 0 saturated heterocycles. The van der Waals surface area contributed by atoms with Gasteiger partial charge in [-0.2, -0.15) is 0 Å². The number of aromatic nitrogens is 2. The van der Waals surface area contributed by atoms with E-state index in [4.69, 9.17) is 0 Å². The zero-order chi connectivity index (χ0) is 16.7. The molecule has 0 bridgehead atoms. The van der Waals surface area contributed by atoms with Gasteiger partial charge in [0.05, 0.1) is 12.1 Å². The molecule has 0 saturated carbocycles. The predicted molar refractivity (Wildman–Crippen MR) is 92.5 cm³/mol. The maximum Gasteiger partial charge on any atom is 0.251 e. The SMILES string of the molecule is CCC(C)NC(=O)Cc1cc(=O)[nH]c(SCc2ccccc2)n1. The van der Waals surface area contributed by atoms with Crippen LogP contribution in [0.5, 0.6) is 0 Å². The monoisotopic (exact) mass is 331 g/mol. The predicted octanol–water partition coefficient (Wildman–Crippen LogP) is 2.52. The molecule has 0 aliphatic carbocycles. The molecule has 0 fully saturated rings. The minimum absolute atomic E-state index is 0.114. The Hall–Kier alpha value is -2.08. The van der Waals surface area contributed by atoms with Crippen molar-refractivity contribution in [3.8, 4) is 0 Å². The molecule has 2 aromatic rings. The summed E-state index contributed by atoms with van der Waals surface area (Å²) in [6, 6.07) is 11.5. The Morgan fingerprint density at radius 2 is 2.09 bits per heavy atom. The van der Waals surface area contributed by atoms with Crippen LogP contribution in [0, 0.1) is 0 Å². The molecular formula is C17H21N3O2S. The van der Waals surface area contributed by atoms with Crippen LogP contribution in [0.25, 0.3) is 0 Å². The number of nitrogens with zero attached hydrogens (tertiary/aromatic N) is 1. The molecule has 1 aromatic heterocycles. The maximum atomic E-state index is 11.9. The number of nitrogens with one attached hydrogen (secondary N) is 2. The Morgan fingerprint density at radius 3 is 2.78 bits per heavy atom. The van der Waals surface area contributed by atoms with E-state index in [-0.39, 0.29) is 23.9 Å². The van der Waals surface area contributed by atoms with Gasteiger partial charge < -0.3 is 10.3 Å². The van der Waals surface area contributed by atoms with Gasteiger partial charge in [0.2, 0.25) is 5.91 Å². The number of hydrogen-bond acceptors (Lipinski definition) is 4. The van der Waals surface area contributed by atoms with Gasteiger partial charge in [-0.25, -0.2) is 4.98 Å². The van der Waals surface area contributed by atoms with Crippen LogP contribution in [-0.4, -0.2) is 21.9 Å². The first-order valence-corrected chi connectivity index (χ1v) is 8.61. The van der Waals surface area contributed by atoms with Crippen molar-refractivity contribution in [2.24, 2.45) is 0 Å². The van der Waals surface area contributed by atoms with Crippen LogP contribution in [0.3, 0.4) is 0 Å². The van der Waals surface area contributed by atoms with Crippen molar-refractivity contribution in [2.45, 2.75) is 43.6 Å². The lowest BCUT2D eigenvalue weighted by atomic mass is 10.2. The first-order valence-electron chi connectivity index (χ1n) is 7.63. The number of benzene rings is 1. The molecule has 1 amide bonds. The lowest BCUT2D eigenvalue weighted by Crippen LogP contribution is -2.33. The van der Waals surface area contributed by atoms with E-state index in [0.717, 1.165) is 12.0 Å². The highest BCUT2D eigenvalue weighted by atomic mass is 32.2. The molecule has 1 heterocycles. The van der Waals surface area contributed by atoms with Crippen LogP contribution in [0.15, 0.2) is 46.3 Å². The number of H-pyrrole nitrogens is 1. The van der Waals surface area contributed by atoms with Crippen molar-refractivity contribution in [2.75, 3.05) is 0 Å². The third-order valence-corrected chi connectivity index (χ3v) is 4.30. The van der Waals surface area contributed by atoms with Gasteiger partial charge >= 0.3 is 0 Å². The van der Waals surface area contributed by atoms with Crippen molar-refractivity contribution < 1.29 is 4.79 Å². The van der Waals surface area contributed by atoms with E-state index in [1.165, 1.54) is 17.8 Å². The summed E-state index contributed by atoms with van der Waals surface area (Å²) in [4.78, 5) is 30.7. The zero-order valence-electron chi connectivity index (χ0n) is 13.3. The van der Waals surface area contributed by atoms with Gasteiger partial charge in [-0.1, -0.05) is 49.0 Å². The fourth-order valence-electron chi connectivity index (χ4n) is 1.96. The average molecular weight is 331 g/mol. The molecule has 0 spiro atoms. The molecule has 1 unspecified atom stereocenters. The fraction of sp³-hybridized carbons (Fsp3) is 0.353. The third-order valence-electron chi connectivity index (χ3n) is 3.35. The Morgan fingerprint density at radius 1 is 1.35 bits per heavy atom. The first kappa shape index (κ1) is 17.3. The quantitative estimate of drug-likeness (QED) is 0.604. The summed E-state index contributed by atoms with van der Waals surface area (Å²) in [7, 11) is 0. The highest BCUT2D eigenvalue weighted by Crippen LogP contribution is 2.18. The van der Waals surface area contributed by atoms with Crippen molar-refractivity contribution in [3.63, 3.8) is 0 Å². The number of aromatic amines is 1. The fourth-order valence-corrected chi connectivity index (χ4v) is 2.81. The molecule has 6 heteroatoms. The van der Waals surface area contributed by atoms with E-state index >= 15 is 0 Å².